The normalized spacial score (nSPS) is 17.4. The number of nitrogens with one attached hydrogen (secondary N) is 1. The number of amides is 1. The maximum Gasteiger partial charge on any atom is 0.244 e. The average molecular weight is 329 g/mol. The highest BCUT2D eigenvalue weighted by molar-refractivity contribution is 5.91. The van der Waals surface area contributed by atoms with Crippen molar-refractivity contribution in [1.29, 1.82) is 0 Å². The standard InChI is InChI=1S/C18H23N3O3/c1-14(13-21-8-10-23-11-9-21)12-19-17(22)6-7-18-20-15-4-2-3-5-16(15)24-18/h2-7,14H,8-13H2,1H3,(H,19,22)/b7-6-/t14-/m1/s1. The molecule has 1 atom stereocenters. The smallest absolute Gasteiger partial charge is 0.244 e. The van der Waals surface area contributed by atoms with Gasteiger partial charge in [-0.1, -0.05) is 19.1 Å². The molecule has 128 valence electrons. The van der Waals surface area contributed by atoms with E-state index in [1.807, 2.05) is 24.3 Å². The summed E-state index contributed by atoms with van der Waals surface area (Å²) in [6.07, 6.45) is 3.06. The Morgan fingerprint density at radius 3 is 2.96 bits per heavy atom. The molecule has 1 fully saturated rings. The number of carbonyl (C=O) groups is 1. The summed E-state index contributed by atoms with van der Waals surface area (Å²) in [5.41, 5.74) is 1.51. The van der Waals surface area contributed by atoms with Gasteiger partial charge in [-0.05, 0) is 18.1 Å². The first-order chi connectivity index (χ1) is 11.7. The molecule has 6 heteroatoms. The van der Waals surface area contributed by atoms with Crippen LogP contribution in [0.15, 0.2) is 34.8 Å². The lowest BCUT2D eigenvalue weighted by atomic mass is 10.1. The summed E-state index contributed by atoms with van der Waals surface area (Å²) in [5.74, 6) is 0.698. The van der Waals surface area contributed by atoms with Crippen LogP contribution in [0.4, 0.5) is 0 Å². The summed E-state index contributed by atoms with van der Waals surface area (Å²) in [5, 5.41) is 2.92. The number of nitrogens with zero attached hydrogens (tertiary/aromatic N) is 2. The minimum Gasteiger partial charge on any atom is -0.437 e. The van der Waals surface area contributed by atoms with Crippen molar-refractivity contribution >= 4 is 23.1 Å². The van der Waals surface area contributed by atoms with Gasteiger partial charge in [-0.15, -0.1) is 0 Å². The quantitative estimate of drug-likeness (QED) is 0.820. The predicted octanol–water partition coefficient (Wildman–Crippen LogP) is 1.93. The number of ether oxygens (including phenoxy) is 1. The molecule has 1 aromatic heterocycles. The minimum atomic E-state index is -0.133. The molecule has 1 aliphatic rings. The van der Waals surface area contributed by atoms with Gasteiger partial charge in [0.25, 0.3) is 0 Å². The SMILES string of the molecule is C[C@H](CNC(=O)/C=C\c1nc2ccccc2o1)CN1CCOCC1. The number of morpholine rings is 1. The van der Waals surface area contributed by atoms with Crippen LogP contribution in [0.5, 0.6) is 0 Å². The second-order valence-corrected chi connectivity index (χ2v) is 6.12. The third-order valence-electron chi connectivity index (χ3n) is 3.99. The van der Waals surface area contributed by atoms with Gasteiger partial charge in [0.2, 0.25) is 11.8 Å². The molecule has 3 rings (SSSR count). The van der Waals surface area contributed by atoms with Crippen LogP contribution >= 0.6 is 0 Å². The number of rotatable bonds is 6. The van der Waals surface area contributed by atoms with E-state index in [1.54, 1.807) is 6.08 Å². The summed E-state index contributed by atoms with van der Waals surface area (Å²) < 4.78 is 10.9. The van der Waals surface area contributed by atoms with Crippen molar-refractivity contribution in [3.05, 3.63) is 36.2 Å². The van der Waals surface area contributed by atoms with Gasteiger partial charge < -0.3 is 14.5 Å². The lowest BCUT2D eigenvalue weighted by Gasteiger charge is -2.29. The summed E-state index contributed by atoms with van der Waals surface area (Å²) in [4.78, 5) is 18.6. The van der Waals surface area contributed by atoms with Crippen molar-refractivity contribution in [2.45, 2.75) is 6.92 Å². The molecule has 0 radical (unpaired) electrons. The van der Waals surface area contributed by atoms with Crippen molar-refractivity contribution < 1.29 is 13.9 Å². The average Bonchev–Trinajstić information content (AvgIpc) is 3.02. The number of hydrogen-bond acceptors (Lipinski definition) is 5. The van der Waals surface area contributed by atoms with E-state index in [2.05, 4.69) is 22.1 Å². The monoisotopic (exact) mass is 329 g/mol. The van der Waals surface area contributed by atoms with E-state index in [4.69, 9.17) is 9.15 Å². The van der Waals surface area contributed by atoms with Gasteiger partial charge >= 0.3 is 0 Å². The Balaban J connectivity index is 1.44. The van der Waals surface area contributed by atoms with Gasteiger partial charge in [0.05, 0.1) is 13.2 Å². The van der Waals surface area contributed by atoms with Crippen molar-refractivity contribution in [2.75, 3.05) is 39.4 Å². The topological polar surface area (TPSA) is 67.6 Å². The molecule has 1 saturated heterocycles. The summed E-state index contributed by atoms with van der Waals surface area (Å²) in [6.45, 7) is 7.29. The molecule has 2 aromatic rings. The molecule has 1 N–H and O–H groups in total. The van der Waals surface area contributed by atoms with Crippen molar-refractivity contribution in [2.24, 2.45) is 5.92 Å². The van der Waals surface area contributed by atoms with E-state index in [-0.39, 0.29) is 5.91 Å². The molecule has 24 heavy (non-hydrogen) atoms. The molecule has 0 spiro atoms. The maximum atomic E-state index is 11.9. The molecule has 1 aliphatic heterocycles. The maximum absolute atomic E-state index is 11.9. The molecule has 1 aromatic carbocycles. The fraction of sp³-hybridized carbons (Fsp3) is 0.444. The number of carbonyl (C=O) groups excluding carboxylic acids is 1. The number of benzene rings is 1. The van der Waals surface area contributed by atoms with Crippen LogP contribution in [0.25, 0.3) is 17.2 Å². The van der Waals surface area contributed by atoms with Crippen LogP contribution in [-0.2, 0) is 9.53 Å². The molecule has 0 bridgehead atoms. The van der Waals surface area contributed by atoms with Crippen LogP contribution in [0.1, 0.15) is 12.8 Å². The lowest BCUT2D eigenvalue weighted by Crippen LogP contribution is -2.41. The molecule has 0 aliphatic carbocycles. The van der Waals surface area contributed by atoms with Crippen molar-refractivity contribution in [3.63, 3.8) is 0 Å². The first-order valence-corrected chi connectivity index (χ1v) is 8.32. The Bertz CT molecular complexity index is 671. The second-order valence-electron chi connectivity index (χ2n) is 6.12. The molecule has 1 amide bonds. The molecular formula is C18H23N3O3. The van der Waals surface area contributed by atoms with Crippen LogP contribution in [-0.4, -0.2) is 55.2 Å². The number of oxazole rings is 1. The van der Waals surface area contributed by atoms with Gasteiger partial charge in [-0.2, -0.15) is 0 Å². The highest BCUT2D eigenvalue weighted by Gasteiger charge is 2.13. The number of para-hydroxylation sites is 2. The molecule has 0 unspecified atom stereocenters. The lowest BCUT2D eigenvalue weighted by molar-refractivity contribution is -0.116. The number of fused-ring (bicyclic) bond motifs is 1. The van der Waals surface area contributed by atoms with Crippen molar-refractivity contribution in [1.82, 2.24) is 15.2 Å². The van der Waals surface area contributed by atoms with Crippen molar-refractivity contribution in [3.8, 4) is 0 Å². The first-order valence-electron chi connectivity index (χ1n) is 8.32. The largest absolute Gasteiger partial charge is 0.437 e. The Labute approximate surface area is 141 Å². The third kappa shape index (κ3) is 4.66. The fourth-order valence-corrected chi connectivity index (χ4v) is 2.73. The Morgan fingerprint density at radius 2 is 2.17 bits per heavy atom. The highest BCUT2D eigenvalue weighted by atomic mass is 16.5. The van der Waals surface area contributed by atoms with E-state index in [9.17, 15) is 4.79 Å². The van der Waals surface area contributed by atoms with Gasteiger partial charge in [-0.3, -0.25) is 9.69 Å². The Kier molecular flexibility index (Phi) is 5.61. The molecule has 6 nitrogen and oxygen atoms in total. The van der Waals surface area contributed by atoms with Crippen LogP contribution in [0.3, 0.4) is 0 Å². The highest BCUT2D eigenvalue weighted by Crippen LogP contribution is 2.15. The molecule has 0 saturated carbocycles. The van der Waals surface area contributed by atoms with Gasteiger partial charge in [0.15, 0.2) is 5.58 Å². The minimum absolute atomic E-state index is 0.133. The van der Waals surface area contributed by atoms with E-state index >= 15 is 0 Å². The zero-order chi connectivity index (χ0) is 16.8. The number of aromatic nitrogens is 1. The summed E-state index contributed by atoms with van der Waals surface area (Å²) in [7, 11) is 0. The molecule has 2 heterocycles. The number of hydrogen-bond donors (Lipinski definition) is 1. The summed E-state index contributed by atoms with van der Waals surface area (Å²) in [6, 6.07) is 7.53. The fourth-order valence-electron chi connectivity index (χ4n) is 2.73. The Hall–Kier alpha value is -2.18. The first kappa shape index (κ1) is 16.7. The Morgan fingerprint density at radius 1 is 1.38 bits per heavy atom. The van der Waals surface area contributed by atoms with Gasteiger partial charge in [0.1, 0.15) is 5.52 Å². The van der Waals surface area contributed by atoms with E-state index in [0.29, 0.717) is 18.4 Å². The third-order valence-corrected chi connectivity index (χ3v) is 3.99. The van der Waals surface area contributed by atoms with Gasteiger partial charge in [-0.25, -0.2) is 4.98 Å². The van der Waals surface area contributed by atoms with Gasteiger partial charge in [0, 0.05) is 38.3 Å². The summed E-state index contributed by atoms with van der Waals surface area (Å²) >= 11 is 0. The molecular weight excluding hydrogens is 306 g/mol. The van der Waals surface area contributed by atoms with E-state index in [0.717, 1.165) is 43.9 Å². The zero-order valence-corrected chi connectivity index (χ0v) is 13.9. The van der Waals surface area contributed by atoms with Crippen LogP contribution in [0, 0.1) is 5.92 Å². The second kappa shape index (κ2) is 8.08. The van der Waals surface area contributed by atoms with Crippen LogP contribution < -0.4 is 5.32 Å². The predicted molar refractivity (Wildman–Crippen MR) is 92.5 cm³/mol. The van der Waals surface area contributed by atoms with Crippen LogP contribution in [0.2, 0.25) is 0 Å². The van der Waals surface area contributed by atoms with E-state index < -0.39 is 0 Å². The van der Waals surface area contributed by atoms with E-state index in [1.165, 1.54) is 6.08 Å². The zero-order valence-electron chi connectivity index (χ0n) is 13.9.